The molecule has 1 aromatic heterocycles. The predicted octanol–water partition coefficient (Wildman–Crippen LogP) is -1.30. The van der Waals surface area contributed by atoms with Gasteiger partial charge in [0.25, 0.3) is 0 Å². The molecule has 0 fully saturated rings. The Morgan fingerprint density at radius 2 is 2.31 bits per heavy atom. The van der Waals surface area contributed by atoms with Gasteiger partial charge in [0, 0.05) is 12.5 Å². The maximum Gasteiger partial charge on any atom is 0.236 e. The van der Waals surface area contributed by atoms with Gasteiger partial charge in [0.2, 0.25) is 5.95 Å². The second-order valence-corrected chi connectivity index (χ2v) is 3.35. The standard InChI is InChI=1S/C7H14N6/c8-4-1-2-6-5(3-4)11-7(12-9)13(6)10/h4H,1-3,8-10H2,(H,11,12). The molecule has 0 saturated heterocycles. The van der Waals surface area contributed by atoms with Gasteiger partial charge in [-0.3, -0.25) is 5.43 Å². The molecule has 0 aliphatic heterocycles. The van der Waals surface area contributed by atoms with E-state index in [4.69, 9.17) is 17.4 Å². The number of fused-ring (bicyclic) bond motifs is 1. The zero-order chi connectivity index (χ0) is 9.42. The Morgan fingerprint density at radius 1 is 1.54 bits per heavy atom. The number of anilines is 1. The zero-order valence-corrected chi connectivity index (χ0v) is 7.33. The van der Waals surface area contributed by atoms with E-state index in [2.05, 4.69) is 10.4 Å². The maximum atomic E-state index is 5.81. The van der Waals surface area contributed by atoms with Crippen LogP contribution >= 0.6 is 0 Å². The summed E-state index contributed by atoms with van der Waals surface area (Å²) in [6, 6.07) is 0.202. The van der Waals surface area contributed by atoms with Crippen molar-refractivity contribution in [2.45, 2.75) is 25.3 Å². The fourth-order valence-electron chi connectivity index (χ4n) is 1.72. The zero-order valence-electron chi connectivity index (χ0n) is 7.33. The third-order valence-electron chi connectivity index (χ3n) is 2.43. The molecule has 0 saturated carbocycles. The van der Waals surface area contributed by atoms with Crippen molar-refractivity contribution in [1.82, 2.24) is 9.66 Å². The minimum atomic E-state index is 0.202. The fraction of sp³-hybridized carbons (Fsp3) is 0.571. The van der Waals surface area contributed by atoms with Crippen LogP contribution in [0, 0.1) is 0 Å². The maximum absolute atomic E-state index is 5.81. The Balaban J connectivity index is 2.39. The predicted molar refractivity (Wildman–Crippen MR) is 50.2 cm³/mol. The fourth-order valence-corrected chi connectivity index (χ4v) is 1.72. The number of nitrogen functional groups attached to an aromatic ring is 2. The van der Waals surface area contributed by atoms with Crippen LogP contribution in [0.1, 0.15) is 17.8 Å². The second kappa shape index (κ2) is 2.90. The lowest BCUT2D eigenvalue weighted by molar-refractivity contribution is 0.557. The lowest BCUT2D eigenvalue weighted by atomic mass is 9.97. The molecular formula is C7H14N6. The first-order valence-electron chi connectivity index (χ1n) is 4.30. The van der Waals surface area contributed by atoms with Gasteiger partial charge in [-0.05, 0) is 12.8 Å². The lowest BCUT2D eigenvalue weighted by Gasteiger charge is -2.17. The molecule has 0 radical (unpaired) electrons. The average molecular weight is 182 g/mol. The number of nitrogens with two attached hydrogens (primary N) is 3. The molecule has 0 bridgehead atoms. The smallest absolute Gasteiger partial charge is 0.236 e. The van der Waals surface area contributed by atoms with Gasteiger partial charge in [-0.25, -0.2) is 15.5 Å². The average Bonchev–Trinajstić information content (AvgIpc) is 2.42. The third-order valence-corrected chi connectivity index (χ3v) is 2.43. The SMILES string of the molecule is NNc1nc2c(n1N)CCC(N)C2. The summed E-state index contributed by atoms with van der Waals surface area (Å²) in [4.78, 5) is 4.24. The monoisotopic (exact) mass is 182 g/mol. The van der Waals surface area contributed by atoms with Crippen LogP contribution in [0.3, 0.4) is 0 Å². The van der Waals surface area contributed by atoms with Crippen molar-refractivity contribution >= 4 is 5.95 Å². The summed E-state index contributed by atoms with van der Waals surface area (Å²) in [5, 5.41) is 0. The quantitative estimate of drug-likeness (QED) is 0.319. The van der Waals surface area contributed by atoms with Crippen LogP contribution in [0.15, 0.2) is 0 Å². The van der Waals surface area contributed by atoms with Crippen molar-refractivity contribution in [2.24, 2.45) is 11.6 Å². The summed E-state index contributed by atoms with van der Waals surface area (Å²) in [5.74, 6) is 11.5. The molecule has 2 rings (SSSR count). The summed E-state index contributed by atoms with van der Waals surface area (Å²) < 4.78 is 1.50. The molecule has 1 aliphatic carbocycles. The molecule has 0 aromatic carbocycles. The van der Waals surface area contributed by atoms with E-state index in [1.165, 1.54) is 4.68 Å². The molecule has 1 aliphatic rings. The van der Waals surface area contributed by atoms with E-state index in [0.29, 0.717) is 5.95 Å². The molecular weight excluding hydrogens is 168 g/mol. The number of hydrazine groups is 1. The van der Waals surface area contributed by atoms with E-state index >= 15 is 0 Å². The van der Waals surface area contributed by atoms with Crippen molar-refractivity contribution in [3.63, 3.8) is 0 Å². The van der Waals surface area contributed by atoms with E-state index in [1.54, 1.807) is 0 Å². The van der Waals surface area contributed by atoms with Crippen LogP contribution in [-0.2, 0) is 12.8 Å². The van der Waals surface area contributed by atoms with Gasteiger partial charge < -0.3 is 11.6 Å². The van der Waals surface area contributed by atoms with Crippen LogP contribution in [0.25, 0.3) is 0 Å². The van der Waals surface area contributed by atoms with Crippen LogP contribution in [0.4, 0.5) is 5.95 Å². The van der Waals surface area contributed by atoms with Gasteiger partial charge in [-0.1, -0.05) is 0 Å². The van der Waals surface area contributed by atoms with Crippen LogP contribution in [-0.4, -0.2) is 15.7 Å². The lowest BCUT2D eigenvalue weighted by Crippen LogP contribution is -2.29. The Morgan fingerprint density at radius 3 is 3.00 bits per heavy atom. The van der Waals surface area contributed by atoms with E-state index in [9.17, 15) is 0 Å². The van der Waals surface area contributed by atoms with Gasteiger partial charge in [0.1, 0.15) is 0 Å². The number of nitrogens with one attached hydrogen (secondary N) is 1. The van der Waals surface area contributed by atoms with Crippen molar-refractivity contribution in [3.05, 3.63) is 11.4 Å². The molecule has 1 unspecified atom stereocenters. The minimum absolute atomic E-state index is 0.202. The highest BCUT2D eigenvalue weighted by Gasteiger charge is 2.22. The van der Waals surface area contributed by atoms with Crippen molar-refractivity contribution in [2.75, 3.05) is 11.3 Å². The van der Waals surface area contributed by atoms with Gasteiger partial charge in [-0.2, -0.15) is 0 Å². The first-order valence-corrected chi connectivity index (χ1v) is 4.30. The Kier molecular flexibility index (Phi) is 1.86. The van der Waals surface area contributed by atoms with Crippen LogP contribution in [0.5, 0.6) is 0 Å². The van der Waals surface area contributed by atoms with Crippen molar-refractivity contribution in [3.8, 4) is 0 Å². The molecule has 6 nitrogen and oxygen atoms in total. The Hall–Kier alpha value is -1.27. The van der Waals surface area contributed by atoms with E-state index < -0.39 is 0 Å². The van der Waals surface area contributed by atoms with Crippen LogP contribution in [0.2, 0.25) is 0 Å². The Bertz CT molecular complexity index is 317. The number of hydrogen-bond acceptors (Lipinski definition) is 5. The molecule has 7 N–H and O–H groups in total. The molecule has 72 valence electrons. The minimum Gasteiger partial charge on any atom is -0.336 e. The first-order chi connectivity index (χ1) is 6.22. The largest absolute Gasteiger partial charge is 0.336 e. The molecule has 1 aromatic rings. The number of imidazole rings is 1. The normalized spacial score (nSPS) is 21.2. The highest BCUT2D eigenvalue weighted by Crippen LogP contribution is 2.21. The topological polar surface area (TPSA) is 108 Å². The number of aromatic nitrogens is 2. The van der Waals surface area contributed by atoms with Crippen LogP contribution < -0.4 is 22.8 Å². The molecule has 6 heteroatoms. The second-order valence-electron chi connectivity index (χ2n) is 3.35. The van der Waals surface area contributed by atoms with Gasteiger partial charge >= 0.3 is 0 Å². The summed E-state index contributed by atoms with van der Waals surface area (Å²) in [7, 11) is 0. The number of nitrogens with zero attached hydrogens (tertiary/aromatic N) is 2. The van der Waals surface area contributed by atoms with Crippen molar-refractivity contribution < 1.29 is 0 Å². The highest BCUT2D eigenvalue weighted by molar-refractivity contribution is 5.34. The number of hydrogen-bond donors (Lipinski definition) is 4. The van der Waals surface area contributed by atoms with Gasteiger partial charge in [0.05, 0.1) is 11.4 Å². The van der Waals surface area contributed by atoms with Gasteiger partial charge in [-0.15, -0.1) is 0 Å². The summed E-state index contributed by atoms with van der Waals surface area (Å²) in [6.07, 6.45) is 2.62. The molecule has 0 spiro atoms. The van der Waals surface area contributed by atoms with E-state index in [-0.39, 0.29) is 6.04 Å². The number of rotatable bonds is 1. The summed E-state index contributed by atoms with van der Waals surface area (Å²) >= 11 is 0. The van der Waals surface area contributed by atoms with E-state index in [1.807, 2.05) is 0 Å². The molecule has 1 heterocycles. The van der Waals surface area contributed by atoms with Crippen molar-refractivity contribution in [1.29, 1.82) is 0 Å². The molecule has 13 heavy (non-hydrogen) atoms. The summed E-state index contributed by atoms with van der Waals surface area (Å²) in [5.41, 5.74) is 10.3. The third kappa shape index (κ3) is 1.24. The molecule has 0 amide bonds. The summed E-state index contributed by atoms with van der Waals surface area (Å²) in [6.45, 7) is 0. The highest BCUT2D eigenvalue weighted by atomic mass is 15.4. The van der Waals surface area contributed by atoms with E-state index in [0.717, 1.165) is 30.7 Å². The Labute approximate surface area is 76.0 Å². The first kappa shape index (κ1) is 8.33. The van der Waals surface area contributed by atoms with Gasteiger partial charge in [0.15, 0.2) is 0 Å². The molecule has 1 atom stereocenters.